The van der Waals surface area contributed by atoms with Gasteiger partial charge in [-0.15, -0.1) is 0 Å². The second kappa shape index (κ2) is 10.0. The number of primary sulfonamides is 1. The first-order chi connectivity index (χ1) is 13.6. The number of nitrogens with one attached hydrogen (secondary N) is 1. The third-order valence-electron chi connectivity index (χ3n) is 4.73. The van der Waals surface area contributed by atoms with Gasteiger partial charge in [0.15, 0.2) is 6.54 Å². The maximum Gasteiger partial charge on any atom is 0.279 e. The highest BCUT2D eigenvalue weighted by atomic mass is 32.2. The fourth-order valence-corrected chi connectivity index (χ4v) is 3.90. The molecule has 2 rings (SSSR count). The van der Waals surface area contributed by atoms with Crippen LogP contribution in [0.4, 0.5) is 5.69 Å². The Morgan fingerprint density at radius 3 is 2.28 bits per heavy atom. The summed E-state index contributed by atoms with van der Waals surface area (Å²) in [4.78, 5) is 12.4. The van der Waals surface area contributed by atoms with Crippen molar-refractivity contribution in [2.45, 2.75) is 45.1 Å². The summed E-state index contributed by atoms with van der Waals surface area (Å²) >= 11 is 0. The van der Waals surface area contributed by atoms with Crippen LogP contribution in [0.2, 0.25) is 0 Å². The second-order valence-electron chi connectivity index (χ2n) is 8.17. The molecule has 0 aliphatic rings. The molecule has 0 saturated carbocycles. The molecular formula is C22H32N3O3S+. The molecule has 6 nitrogen and oxygen atoms in total. The molecule has 0 aromatic heterocycles. The molecule has 29 heavy (non-hydrogen) atoms. The maximum atomic E-state index is 12.4. The number of quaternary nitrogens is 1. The minimum Gasteiger partial charge on any atom is -0.332 e. The summed E-state index contributed by atoms with van der Waals surface area (Å²) in [6, 6.07) is 14.7. The third-order valence-corrected chi connectivity index (χ3v) is 5.64. The molecule has 0 saturated heterocycles. The lowest BCUT2D eigenvalue weighted by Crippen LogP contribution is -2.88. The van der Waals surface area contributed by atoms with Gasteiger partial charge in [-0.2, -0.15) is 0 Å². The Balaban J connectivity index is 2.01. The van der Waals surface area contributed by atoms with Gasteiger partial charge in [0.25, 0.3) is 5.91 Å². The standard InChI is InChI=1S/C22H31N3O3S/c1-15(2)12-17-8-10-18(11-9-17)22(16(3)4)24-14-21(26)25-19-6-5-7-20(13-19)29(23,27)28/h5-11,13,15-16,22,24H,12,14H2,1-4H3,(H,25,26)(H2,23,27,28)/p+1/t22-/m1/s1. The molecule has 0 fully saturated rings. The molecule has 0 heterocycles. The maximum absolute atomic E-state index is 12.4. The smallest absolute Gasteiger partial charge is 0.279 e. The summed E-state index contributed by atoms with van der Waals surface area (Å²) in [6.45, 7) is 8.91. The van der Waals surface area contributed by atoms with Crippen LogP contribution >= 0.6 is 0 Å². The van der Waals surface area contributed by atoms with Crippen molar-refractivity contribution in [3.8, 4) is 0 Å². The molecule has 0 aliphatic carbocycles. The molecule has 0 aliphatic heterocycles. The SMILES string of the molecule is CC(C)Cc1ccc([C@H]([NH2+]CC(=O)Nc2cccc(S(N)(=O)=O)c2)C(C)C)cc1. The van der Waals surface area contributed by atoms with Crippen LogP contribution in [0.15, 0.2) is 53.4 Å². The molecule has 0 unspecified atom stereocenters. The van der Waals surface area contributed by atoms with E-state index in [2.05, 4.69) is 57.3 Å². The quantitative estimate of drug-likeness (QED) is 0.582. The Labute approximate surface area is 173 Å². The lowest BCUT2D eigenvalue weighted by atomic mass is 9.94. The Hall–Kier alpha value is -2.22. The van der Waals surface area contributed by atoms with E-state index >= 15 is 0 Å². The van der Waals surface area contributed by atoms with Crippen molar-refractivity contribution in [3.63, 3.8) is 0 Å². The van der Waals surface area contributed by atoms with Crippen molar-refractivity contribution in [2.24, 2.45) is 17.0 Å². The van der Waals surface area contributed by atoms with Gasteiger partial charge >= 0.3 is 0 Å². The minimum atomic E-state index is -3.80. The molecule has 2 aromatic carbocycles. The van der Waals surface area contributed by atoms with Crippen LogP contribution in [-0.2, 0) is 21.2 Å². The summed E-state index contributed by atoms with van der Waals surface area (Å²) in [5.74, 6) is 0.771. The highest BCUT2D eigenvalue weighted by Gasteiger charge is 2.21. The number of hydrogen-bond donors (Lipinski definition) is 3. The summed E-state index contributed by atoms with van der Waals surface area (Å²) in [5, 5.41) is 9.90. The molecule has 0 radical (unpaired) electrons. The molecule has 158 valence electrons. The van der Waals surface area contributed by atoms with E-state index in [1.54, 1.807) is 12.1 Å². The van der Waals surface area contributed by atoms with Crippen molar-refractivity contribution in [1.29, 1.82) is 0 Å². The second-order valence-corrected chi connectivity index (χ2v) is 9.73. The van der Waals surface area contributed by atoms with Gasteiger partial charge in [-0.1, -0.05) is 58.0 Å². The van der Waals surface area contributed by atoms with Crippen molar-refractivity contribution in [2.75, 3.05) is 11.9 Å². The largest absolute Gasteiger partial charge is 0.332 e. The molecule has 0 bridgehead atoms. The number of carbonyl (C=O) groups is 1. The van der Waals surface area contributed by atoms with Crippen molar-refractivity contribution < 1.29 is 18.5 Å². The summed E-state index contributed by atoms with van der Waals surface area (Å²) in [7, 11) is -3.80. The summed E-state index contributed by atoms with van der Waals surface area (Å²) in [6.07, 6.45) is 1.05. The zero-order valence-corrected chi connectivity index (χ0v) is 18.4. The molecule has 1 amide bonds. The fraction of sp³-hybridized carbons (Fsp3) is 0.409. The molecular weight excluding hydrogens is 386 g/mol. The van der Waals surface area contributed by atoms with Crippen LogP contribution in [0.25, 0.3) is 0 Å². The number of rotatable bonds is 9. The first-order valence-electron chi connectivity index (χ1n) is 9.91. The third kappa shape index (κ3) is 7.27. The van der Waals surface area contributed by atoms with Crippen LogP contribution < -0.4 is 15.8 Å². The zero-order chi connectivity index (χ0) is 21.6. The van der Waals surface area contributed by atoms with Gasteiger partial charge in [0.05, 0.1) is 4.90 Å². The van der Waals surface area contributed by atoms with Crippen LogP contribution in [0.3, 0.4) is 0 Å². The topological polar surface area (TPSA) is 106 Å². The van der Waals surface area contributed by atoms with Gasteiger partial charge in [-0.3, -0.25) is 4.79 Å². The van der Waals surface area contributed by atoms with Gasteiger partial charge in [-0.05, 0) is 36.1 Å². The van der Waals surface area contributed by atoms with Gasteiger partial charge in [0.2, 0.25) is 10.0 Å². The van der Waals surface area contributed by atoms with Crippen molar-refractivity contribution in [3.05, 3.63) is 59.7 Å². The highest BCUT2D eigenvalue weighted by molar-refractivity contribution is 7.89. The van der Waals surface area contributed by atoms with Crippen LogP contribution in [0.1, 0.15) is 44.9 Å². The molecule has 1 atom stereocenters. The monoisotopic (exact) mass is 418 g/mol. The molecule has 7 heteroatoms. The van der Waals surface area contributed by atoms with Crippen LogP contribution in [0.5, 0.6) is 0 Å². The van der Waals surface area contributed by atoms with E-state index < -0.39 is 10.0 Å². The number of amides is 1. The number of nitrogens with two attached hydrogens (primary N) is 2. The number of anilines is 1. The number of carbonyl (C=O) groups excluding carboxylic acids is 1. The predicted molar refractivity (Wildman–Crippen MR) is 116 cm³/mol. The zero-order valence-electron chi connectivity index (χ0n) is 17.6. The normalized spacial score (nSPS) is 12.9. The van der Waals surface area contributed by atoms with E-state index in [1.807, 2.05) is 5.32 Å². The number of sulfonamides is 1. The molecule has 0 spiro atoms. The van der Waals surface area contributed by atoms with E-state index in [1.165, 1.54) is 23.3 Å². The van der Waals surface area contributed by atoms with Gasteiger partial charge in [0.1, 0.15) is 6.04 Å². The van der Waals surface area contributed by atoms with Crippen molar-refractivity contribution in [1.82, 2.24) is 0 Å². The average molecular weight is 419 g/mol. The van der Waals surface area contributed by atoms with Gasteiger partial charge in [0, 0.05) is 17.2 Å². The first-order valence-corrected chi connectivity index (χ1v) is 11.5. The van der Waals surface area contributed by atoms with E-state index in [9.17, 15) is 13.2 Å². The van der Waals surface area contributed by atoms with E-state index in [0.717, 1.165) is 6.42 Å². The summed E-state index contributed by atoms with van der Waals surface area (Å²) in [5.41, 5.74) is 2.92. The lowest BCUT2D eigenvalue weighted by molar-refractivity contribution is -0.692. The highest BCUT2D eigenvalue weighted by Crippen LogP contribution is 2.19. The van der Waals surface area contributed by atoms with E-state index in [4.69, 9.17) is 5.14 Å². The molecule has 5 N–H and O–H groups in total. The van der Waals surface area contributed by atoms with E-state index in [0.29, 0.717) is 17.5 Å². The Bertz CT molecular complexity index is 923. The number of benzene rings is 2. The average Bonchev–Trinajstić information content (AvgIpc) is 2.62. The fourth-order valence-electron chi connectivity index (χ4n) is 3.34. The predicted octanol–water partition coefficient (Wildman–Crippen LogP) is 2.43. The molecule has 2 aromatic rings. The minimum absolute atomic E-state index is 0.0270. The Morgan fingerprint density at radius 1 is 1.07 bits per heavy atom. The van der Waals surface area contributed by atoms with Gasteiger partial charge in [-0.25, -0.2) is 13.6 Å². The van der Waals surface area contributed by atoms with Crippen LogP contribution in [0, 0.1) is 11.8 Å². The first kappa shape index (κ1) is 23.1. The van der Waals surface area contributed by atoms with Crippen LogP contribution in [-0.4, -0.2) is 20.9 Å². The van der Waals surface area contributed by atoms with Crippen molar-refractivity contribution >= 4 is 21.6 Å². The van der Waals surface area contributed by atoms with Gasteiger partial charge < -0.3 is 10.6 Å². The van der Waals surface area contributed by atoms with E-state index in [-0.39, 0.29) is 23.4 Å². The Kier molecular flexibility index (Phi) is 7.96. The number of hydrogen-bond acceptors (Lipinski definition) is 3. The lowest BCUT2D eigenvalue weighted by Gasteiger charge is -2.20. The summed E-state index contributed by atoms with van der Waals surface area (Å²) < 4.78 is 22.9. The Morgan fingerprint density at radius 2 is 1.72 bits per heavy atom.